The number of halogens is 2. The molecule has 0 aliphatic carbocycles. The van der Waals surface area contributed by atoms with Crippen molar-refractivity contribution in [1.82, 2.24) is 4.98 Å². The van der Waals surface area contributed by atoms with Crippen LogP contribution in [-0.4, -0.2) is 37.9 Å². The molecule has 0 amide bonds. The van der Waals surface area contributed by atoms with Gasteiger partial charge >= 0.3 is 6.61 Å². The summed E-state index contributed by atoms with van der Waals surface area (Å²) in [5.74, 6) is 0.437. The van der Waals surface area contributed by atoms with Gasteiger partial charge in [0.15, 0.2) is 0 Å². The number of nitrogens with zero attached hydrogens (tertiary/aromatic N) is 3. The second kappa shape index (κ2) is 8.28. The second-order valence-electron chi connectivity index (χ2n) is 6.30. The van der Waals surface area contributed by atoms with E-state index in [1.807, 2.05) is 6.92 Å². The van der Waals surface area contributed by atoms with Crippen LogP contribution in [0.25, 0.3) is 10.9 Å². The molecule has 7 heteroatoms. The van der Waals surface area contributed by atoms with Crippen LogP contribution in [-0.2, 0) is 4.74 Å². The highest BCUT2D eigenvalue weighted by atomic mass is 19.3. The number of nitriles is 1. The van der Waals surface area contributed by atoms with Gasteiger partial charge in [-0.2, -0.15) is 14.0 Å². The molecule has 0 saturated carbocycles. The van der Waals surface area contributed by atoms with E-state index in [0.717, 1.165) is 31.6 Å². The van der Waals surface area contributed by atoms with Crippen molar-refractivity contribution in [2.75, 3.05) is 31.2 Å². The fraction of sp³-hybridized carbons (Fsp3) is 0.474. The van der Waals surface area contributed by atoms with Crippen molar-refractivity contribution in [1.29, 1.82) is 5.26 Å². The topological polar surface area (TPSA) is 58.4 Å². The van der Waals surface area contributed by atoms with Crippen LogP contribution in [0.2, 0.25) is 0 Å². The summed E-state index contributed by atoms with van der Waals surface area (Å²) in [4.78, 5) is 6.42. The highest BCUT2D eigenvalue weighted by Gasteiger charge is 2.24. The zero-order valence-electron chi connectivity index (χ0n) is 14.6. The van der Waals surface area contributed by atoms with Gasteiger partial charge in [-0.1, -0.05) is 0 Å². The number of aromatic nitrogens is 1. The number of rotatable bonds is 6. The van der Waals surface area contributed by atoms with E-state index >= 15 is 0 Å². The van der Waals surface area contributed by atoms with Crippen LogP contribution in [0.3, 0.4) is 0 Å². The summed E-state index contributed by atoms with van der Waals surface area (Å²) < 4.78 is 35.2. The molecule has 0 bridgehead atoms. The van der Waals surface area contributed by atoms with Crippen LogP contribution in [0.5, 0.6) is 5.75 Å². The molecular formula is C19H21F2N3O2. The number of hydrogen-bond donors (Lipinski definition) is 0. The number of benzene rings is 1. The Morgan fingerprint density at radius 2 is 2.27 bits per heavy atom. The summed E-state index contributed by atoms with van der Waals surface area (Å²) in [5, 5.41) is 10.2. The van der Waals surface area contributed by atoms with Gasteiger partial charge in [0.05, 0.1) is 23.4 Å². The Hall–Kier alpha value is -2.46. The van der Waals surface area contributed by atoms with Gasteiger partial charge in [0.1, 0.15) is 11.8 Å². The monoisotopic (exact) mass is 361 g/mol. The third-order valence-corrected chi connectivity index (χ3v) is 4.55. The molecule has 1 aliphatic heterocycles. The molecular weight excluding hydrogens is 340 g/mol. The smallest absolute Gasteiger partial charge is 0.387 e. The van der Waals surface area contributed by atoms with Crippen LogP contribution in [0.1, 0.15) is 25.3 Å². The van der Waals surface area contributed by atoms with E-state index in [4.69, 9.17) is 4.74 Å². The minimum Gasteiger partial charge on any atom is -0.435 e. The van der Waals surface area contributed by atoms with Crippen molar-refractivity contribution in [3.05, 3.63) is 30.0 Å². The molecule has 1 atom stereocenters. The number of anilines is 1. The minimum absolute atomic E-state index is 0.0634. The Labute approximate surface area is 151 Å². The largest absolute Gasteiger partial charge is 0.435 e. The predicted molar refractivity (Wildman–Crippen MR) is 94.5 cm³/mol. The molecule has 1 aromatic heterocycles. The number of piperidine rings is 1. The molecule has 2 aromatic rings. The molecule has 1 saturated heterocycles. The van der Waals surface area contributed by atoms with Crippen molar-refractivity contribution in [2.45, 2.75) is 26.4 Å². The zero-order valence-corrected chi connectivity index (χ0v) is 14.6. The van der Waals surface area contributed by atoms with E-state index in [1.165, 1.54) is 18.3 Å². The first-order valence-electron chi connectivity index (χ1n) is 8.72. The zero-order chi connectivity index (χ0) is 18.5. The summed E-state index contributed by atoms with van der Waals surface area (Å²) in [5.41, 5.74) is 1.81. The molecule has 1 aromatic carbocycles. The number of fused-ring (bicyclic) bond motifs is 1. The lowest BCUT2D eigenvalue weighted by Gasteiger charge is -2.35. The molecule has 0 radical (unpaired) electrons. The highest BCUT2D eigenvalue weighted by Crippen LogP contribution is 2.34. The Bertz CT molecular complexity index is 807. The average Bonchev–Trinajstić information content (AvgIpc) is 2.65. The SMILES string of the molecule is CCOCC1CCCN(c2c(C#N)cnc3ccc(OC(F)F)cc23)C1. The lowest BCUT2D eigenvalue weighted by molar-refractivity contribution is -0.0497. The molecule has 1 unspecified atom stereocenters. The first-order chi connectivity index (χ1) is 12.6. The van der Waals surface area contributed by atoms with E-state index < -0.39 is 6.61 Å². The lowest BCUT2D eigenvalue weighted by Crippen LogP contribution is -2.37. The number of alkyl halides is 2. The van der Waals surface area contributed by atoms with Crippen molar-refractivity contribution >= 4 is 16.6 Å². The first-order valence-corrected chi connectivity index (χ1v) is 8.72. The van der Waals surface area contributed by atoms with E-state index in [-0.39, 0.29) is 5.75 Å². The van der Waals surface area contributed by atoms with E-state index in [1.54, 1.807) is 6.07 Å². The molecule has 1 fully saturated rings. The molecule has 0 spiro atoms. The Kier molecular flexibility index (Phi) is 5.84. The summed E-state index contributed by atoms with van der Waals surface area (Å²) >= 11 is 0. The van der Waals surface area contributed by atoms with E-state index in [0.29, 0.717) is 35.6 Å². The fourth-order valence-electron chi connectivity index (χ4n) is 3.45. The van der Waals surface area contributed by atoms with Gasteiger partial charge < -0.3 is 14.4 Å². The molecule has 5 nitrogen and oxygen atoms in total. The van der Waals surface area contributed by atoms with Crippen molar-refractivity contribution in [2.24, 2.45) is 5.92 Å². The maximum atomic E-state index is 12.6. The van der Waals surface area contributed by atoms with Gasteiger partial charge in [0.2, 0.25) is 0 Å². The normalized spacial score (nSPS) is 17.5. The quantitative estimate of drug-likeness (QED) is 0.779. The second-order valence-corrected chi connectivity index (χ2v) is 6.30. The molecule has 2 heterocycles. The van der Waals surface area contributed by atoms with Crippen LogP contribution in [0, 0.1) is 17.2 Å². The molecule has 3 rings (SSSR count). The van der Waals surface area contributed by atoms with Gasteiger partial charge in [0.25, 0.3) is 0 Å². The lowest BCUT2D eigenvalue weighted by atomic mass is 9.97. The molecule has 26 heavy (non-hydrogen) atoms. The number of ether oxygens (including phenoxy) is 2. The third-order valence-electron chi connectivity index (χ3n) is 4.55. The maximum Gasteiger partial charge on any atom is 0.387 e. The summed E-state index contributed by atoms with van der Waals surface area (Å²) in [6.45, 7) is 1.98. The molecule has 1 aliphatic rings. The minimum atomic E-state index is -2.89. The third kappa shape index (κ3) is 4.02. The van der Waals surface area contributed by atoms with Gasteiger partial charge in [-0.3, -0.25) is 4.98 Å². The van der Waals surface area contributed by atoms with E-state index in [2.05, 4.69) is 20.7 Å². The Balaban J connectivity index is 2.00. The predicted octanol–water partition coefficient (Wildman–Crippen LogP) is 3.96. The Morgan fingerprint density at radius 3 is 3.00 bits per heavy atom. The molecule has 138 valence electrons. The Morgan fingerprint density at radius 1 is 1.42 bits per heavy atom. The van der Waals surface area contributed by atoms with Gasteiger partial charge in [-0.25, -0.2) is 0 Å². The van der Waals surface area contributed by atoms with Gasteiger partial charge in [-0.05, 0) is 43.9 Å². The summed E-state index contributed by atoms with van der Waals surface area (Å²) in [7, 11) is 0. The van der Waals surface area contributed by atoms with Gasteiger partial charge in [0, 0.05) is 31.3 Å². The standard InChI is InChI=1S/C19H21F2N3O2/c1-2-25-12-13-4-3-7-24(11-13)18-14(9-22)10-23-17-6-5-15(8-16(17)18)26-19(20)21/h5-6,8,10,13,19H,2-4,7,11-12H2,1H3. The van der Waals surface area contributed by atoms with Crippen molar-refractivity contribution < 1.29 is 18.3 Å². The van der Waals surface area contributed by atoms with Crippen molar-refractivity contribution in [3.63, 3.8) is 0 Å². The van der Waals surface area contributed by atoms with Crippen LogP contribution < -0.4 is 9.64 Å². The van der Waals surface area contributed by atoms with Gasteiger partial charge in [-0.15, -0.1) is 0 Å². The molecule has 0 N–H and O–H groups in total. The summed E-state index contributed by atoms with van der Waals surface area (Å²) in [6.07, 6.45) is 3.60. The maximum absolute atomic E-state index is 12.6. The first kappa shape index (κ1) is 18.3. The average molecular weight is 361 g/mol. The number of pyridine rings is 1. The summed E-state index contributed by atoms with van der Waals surface area (Å²) in [6, 6.07) is 6.82. The van der Waals surface area contributed by atoms with Crippen LogP contribution >= 0.6 is 0 Å². The van der Waals surface area contributed by atoms with Crippen LogP contribution in [0.15, 0.2) is 24.4 Å². The van der Waals surface area contributed by atoms with E-state index in [9.17, 15) is 14.0 Å². The highest BCUT2D eigenvalue weighted by molar-refractivity contribution is 5.95. The van der Waals surface area contributed by atoms with Crippen molar-refractivity contribution in [3.8, 4) is 11.8 Å². The van der Waals surface area contributed by atoms with Crippen LogP contribution in [0.4, 0.5) is 14.5 Å². The fourth-order valence-corrected chi connectivity index (χ4v) is 3.45. The number of hydrogen-bond acceptors (Lipinski definition) is 5.